The molecule has 1 rings (SSSR count). The van der Waals surface area contributed by atoms with Crippen molar-refractivity contribution in [3.63, 3.8) is 0 Å². The van der Waals surface area contributed by atoms with Crippen LogP contribution in [0.15, 0.2) is 24.3 Å². The highest BCUT2D eigenvalue weighted by Gasteiger charge is 2.16. The maximum absolute atomic E-state index is 5.63. The van der Waals surface area contributed by atoms with Gasteiger partial charge in [0.1, 0.15) is 5.75 Å². The zero-order valence-electron chi connectivity index (χ0n) is 10.1. The van der Waals surface area contributed by atoms with E-state index in [1.165, 1.54) is 5.56 Å². The van der Waals surface area contributed by atoms with Gasteiger partial charge in [0.15, 0.2) is 0 Å². The number of rotatable bonds is 5. The van der Waals surface area contributed by atoms with Gasteiger partial charge in [-0.3, -0.25) is 0 Å². The van der Waals surface area contributed by atoms with E-state index in [4.69, 9.17) is 4.74 Å². The summed E-state index contributed by atoms with van der Waals surface area (Å²) >= 11 is 0. The molecular formula is C13H21NO. The van der Waals surface area contributed by atoms with Crippen molar-refractivity contribution in [2.45, 2.75) is 32.7 Å². The van der Waals surface area contributed by atoms with Gasteiger partial charge in [0.2, 0.25) is 0 Å². The predicted octanol–water partition coefficient (Wildman–Crippen LogP) is 2.80. The van der Waals surface area contributed by atoms with Gasteiger partial charge >= 0.3 is 0 Å². The summed E-state index contributed by atoms with van der Waals surface area (Å²) in [6.45, 7) is 7.15. The first-order valence-electron chi connectivity index (χ1n) is 5.59. The normalized spacial score (nSPS) is 14.7. The van der Waals surface area contributed by atoms with Crippen LogP contribution in [0.5, 0.6) is 5.75 Å². The summed E-state index contributed by atoms with van der Waals surface area (Å²) in [5.74, 6) is 1.47. The summed E-state index contributed by atoms with van der Waals surface area (Å²) in [5.41, 5.74) is 1.28. The molecular weight excluding hydrogens is 186 g/mol. The average Bonchev–Trinajstić information content (AvgIpc) is 2.28. The van der Waals surface area contributed by atoms with Crippen LogP contribution in [0.4, 0.5) is 0 Å². The van der Waals surface area contributed by atoms with Crippen LogP contribution in [0.25, 0.3) is 0 Å². The van der Waals surface area contributed by atoms with Crippen LogP contribution in [0.2, 0.25) is 0 Å². The third kappa shape index (κ3) is 2.96. The summed E-state index contributed by atoms with van der Waals surface area (Å²) in [4.78, 5) is 0. The highest BCUT2D eigenvalue weighted by Crippen LogP contribution is 2.28. The third-order valence-corrected chi connectivity index (χ3v) is 2.91. The van der Waals surface area contributed by atoms with Gasteiger partial charge in [-0.15, -0.1) is 0 Å². The van der Waals surface area contributed by atoms with Crippen molar-refractivity contribution in [3.05, 3.63) is 29.8 Å². The van der Waals surface area contributed by atoms with Gasteiger partial charge in [-0.2, -0.15) is 0 Å². The molecule has 2 heteroatoms. The quantitative estimate of drug-likeness (QED) is 0.801. The summed E-state index contributed by atoms with van der Waals surface area (Å²) in [5, 5.41) is 3.28. The van der Waals surface area contributed by atoms with Crippen LogP contribution in [0, 0.1) is 0 Å². The minimum absolute atomic E-state index is 0.451. The van der Waals surface area contributed by atoms with Gasteiger partial charge in [-0.25, -0.2) is 0 Å². The van der Waals surface area contributed by atoms with Crippen LogP contribution >= 0.6 is 0 Å². The van der Waals surface area contributed by atoms with E-state index in [0.717, 1.165) is 12.4 Å². The Morgan fingerprint density at radius 1 is 1.27 bits per heavy atom. The minimum atomic E-state index is 0.451. The fraction of sp³-hybridized carbons (Fsp3) is 0.538. The maximum Gasteiger partial charge on any atom is 0.122 e. The largest absolute Gasteiger partial charge is 0.494 e. The second-order valence-electron chi connectivity index (χ2n) is 3.84. The van der Waals surface area contributed by atoms with E-state index >= 15 is 0 Å². The van der Waals surface area contributed by atoms with E-state index in [-0.39, 0.29) is 0 Å². The molecule has 2 nitrogen and oxygen atoms in total. The lowest BCUT2D eigenvalue weighted by Gasteiger charge is -2.22. The number of para-hydroxylation sites is 1. The maximum atomic E-state index is 5.63. The van der Waals surface area contributed by atoms with E-state index in [2.05, 4.69) is 31.3 Å². The number of benzene rings is 1. The molecule has 0 radical (unpaired) electrons. The number of ether oxygens (including phenoxy) is 1. The van der Waals surface area contributed by atoms with E-state index in [0.29, 0.717) is 12.0 Å². The van der Waals surface area contributed by atoms with Crippen LogP contribution in [-0.2, 0) is 0 Å². The zero-order chi connectivity index (χ0) is 11.3. The second-order valence-corrected chi connectivity index (χ2v) is 3.84. The molecule has 0 spiro atoms. The fourth-order valence-electron chi connectivity index (χ4n) is 1.66. The molecule has 1 N–H and O–H groups in total. The van der Waals surface area contributed by atoms with Crippen LogP contribution in [0.1, 0.15) is 32.3 Å². The second kappa shape index (κ2) is 5.76. The van der Waals surface area contributed by atoms with Crippen molar-refractivity contribution >= 4 is 0 Å². The summed E-state index contributed by atoms with van der Waals surface area (Å²) in [6.07, 6.45) is 0. The fourth-order valence-corrected chi connectivity index (χ4v) is 1.66. The van der Waals surface area contributed by atoms with Crippen LogP contribution < -0.4 is 10.1 Å². The summed E-state index contributed by atoms with van der Waals surface area (Å²) < 4.78 is 5.63. The lowest BCUT2D eigenvalue weighted by atomic mass is 9.94. The Labute approximate surface area is 92.6 Å². The van der Waals surface area contributed by atoms with Gasteiger partial charge in [0.25, 0.3) is 0 Å². The Hall–Kier alpha value is -1.02. The van der Waals surface area contributed by atoms with Gasteiger partial charge in [0.05, 0.1) is 6.61 Å². The molecule has 84 valence electrons. The Morgan fingerprint density at radius 2 is 1.93 bits per heavy atom. The topological polar surface area (TPSA) is 21.3 Å². The molecule has 0 aliphatic heterocycles. The van der Waals surface area contributed by atoms with Gasteiger partial charge in [-0.1, -0.05) is 25.1 Å². The SMILES string of the molecule is CCOc1ccccc1C(C)C(C)NC. The van der Waals surface area contributed by atoms with Crippen molar-refractivity contribution < 1.29 is 4.74 Å². The van der Waals surface area contributed by atoms with E-state index in [9.17, 15) is 0 Å². The standard InChI is InChI=1S/C13H21NO/c1-5-15-13-9-7-6-8-12(13)10(2)11(3)14-4/h6-11,14H,5H2,1-4H3. The number of likely N-dealkylation sites (N-methyl/N-ethyl adjacent to an activating group) is 1. The van der Waals surface area contributed by atoms with Crippen molar-refractivity contribution in [2.24, 2.45) is 0 Å². The number of hydrogen-bond donors (Lipinski definition) is 1. The predicted molar refractivity (Wildman–Crippen MR) is 64.5 cm³/mol. The average molecular weight is 207 g/mol. The molecule has 0 saturated carbocycles. The zero-order valence-corrected chi connectivity index (χ0v) is 10.1. The van der Waals surface area contributed by atoms with Gasteiger partial charge in [-0.05, 0) is 38.4 Å². The van der Waals surface area contributed by atoms with E-state index in [1.807, 2.05) is 26.1 Å². The first-order chi connectivity index (χ1) is 7.20. The third-order valence-electron chi connectivity index (χ3n) is 2.91. The van der Waals surface area contributed by atoms with Crippen molar-refractivity contribution in [1.29, 1.82) is 0 Å². The van der Waals surface area contributed by atoms with Crippen molar-refractivity contribution in [3.8, 4) is 5.75 Å². The van der Waals surface area contributed by atoms with Gasteiger partial charge in [0, 0.05) is 6.04 Å². The van der Waals surface area contributed by atoms with E-state index < -0.39 is 0 Å². The van der Waals surface area contributed by atoms with Crippen LogP contribution in [-0.4, -0.2) is 19.7 Å². The van der Waals surface area contributed by atoms with Gasteiger partial charge < -0.3 is 10.1 Å². The van der Waals surface area contributed by atoms with Crippen molar-refractivity contribution in [1.82, 2.24) is 5.32 Å². The van der Waals surface area contributed by atoms with Crippen molar-refractivity contribution in [2.75, 3.05) is 13.7 Å². The molecule has 0 bridgehead atoms. The highest BCUT2D eigenvalue weighted by atomic mass is 16.5. The summed E-state index contributed by atoms with van der Waals surface area (Å²) in [6, 6.07) is 8.72. The van der Waals surface area contributed by atoms with Crippen LogP contribution in [0.3, 0.4) is 0 Å². The Bertz CT molecular complexity index is 298. The number of hydrogen-bond acceptors (Lipinski definition) is 2. The lowest BCUT2D eigenvalue weighted by molar-refractivity contribution is 0.332. The molecule has 0 heterocycles. The molecule has 0 fully saturated rings. The molecule has 0 amide bonds. The Morgan fingerprint density at radius 3 is 2.53 bits per heavy atom. The molecule has 0 aliphatic rings. The highest BCUT2D eigenvalue weighted by molar-refractivity contribution is 5.36. The number of nitrogens with one attached hydrogen (secondary N) is 1. The Balaban J connectivity index is 2.91. The first-order valence-corrected chi connectivity index (χ1v) is 5.59. The molecule has 2 unspecified atom stereocenters. The summed E-state index contributed by atoms with van der Waals surface area (Å²) in [7, 11) is 1.99. The monoisotopic (exact) mass is 207 g/mol. The smallest absolute Gasteiger partial charge is 0.122 e. The van der Waals surface area contributed by atoms with E-state index in [1.54, 1.807) is 0 Å². The minimum Gasteiger partial charge on any atom is -0.494 e. The Kier molecular flexibility index (Phi) is 4.63. The molecule has 0 aliphatic carbocycles. The molecule has 0 saturated heterocycles. The molecule has 2 atom stereocenters. The molecule has 1 aromatic carbocycles. The first kappa shape index (κ1) is 12.1. The molecule has 15 heavy (non-hydrogen) atoms. The molecule has 1 aromatic rings. The lowest BCUT2D eigenvalue weighted by Crippen LogP contribution is -2.27. The molecule has 0 aromatic heterocycles.